The summed E-state index contributed by atoms with van der Waals surface area (Å²) in [6, 6.07) is 8.30. The monoisotopic (exact) mass is 286 g/mol. The molecule has 1 saturated heterocycles. The third kappa shape index (κ3) is 2.56. The number of aromatic amines is 1. The zero-order valence-electron chi connectivity index (χ0n) is 12.6. The fourth-order valence-corrected chi connectivity index (χ4v) is 3.42. The molecular weight excluding hydrogens is 264 g/mol. The van der Waals surface area contributed by atoms with Crippen molar-refractivity contribution in [3.63, 3.8) is 0 Å². The van der Waals surface area contributed by atoms with Gasteiger partial charge in [0.1, 0.15) is 0 Å². The lowest BCUT2D eigenvalue weighted by molar-refractivity contribution is -0.151. The van der Waals surface area contributed by atoms with Crippen LogP contribution < -0.4 is 0 Å². The minimum absolute atomic E-state index is 0.613. The van der Waals surface area contributed by atoms with E-state index in [2.05, 4.69) is 35.0 Å². The number of likely N-dealkylation sites (tertiary alicyclic amines) is 1. The van der Waals surface area contributed by atoms with E-state index < -0.39 is 11.4 Å². The largest absolute Gasteiger partial charge is 0.481 e. The molecule has 0 aliphatic carbocycles. The number of hydrogen-bond donors (Lipinski definition) is 2. The van der Waals surface area contributed by atoms with Gasteiger partial charge in [-0.25, -0.2) is 0 Å². The van der Waals surface area contributed by atoms with Gasteiger partial charge in [-0.3, -0.25) is 9.69 Å². The molecule has 4 heteroatoms. The smallest absolute Gasteiger partial charge is 0.310 e. The summed E-state index contributed by atoms with van der Waals surface area (Å²) in [4.78, 5) is 17.2. The van der Waals surface area contributed by atoms with Crippen LogP contribution in [-0.4, -0.2) is 34.0 Å². The van der Waals surface area contributed by atoms with Crippen LogP contribution in [0.4, 0.5) is 0 Å². The van der Waals surface area contributed by atoms with Gasteiger partial charge in [0.05, 0.1) is 5.41 Å². The maximum atomic E-state index is 11.5. The van der Waals surface area contributed by atoms with Crippen molar-refractivity contribution in [2.75, 3.05) is 13.1 Å². The molecule has 0 radical (unpaired) electrons. The second-order valence-corrected chi connectivity index (χ2v) is 6.45. The Bertz CT molecular complexity index is 676. The van der Waals surface area contributed by atoms with Crippen LogP contribution in [0.1, 0.15) is 31.0 Å². The standard InChI is InChI=1S/C17H22N2O2/c1-12-14(13-6-3-4-7-15(13)18-12)10-19-9-5-8-17(2,11-19)16(20)21/h3-4,6-7,18H,5,8-11H2,1-2H3,(H,20,21). The maximum Gasteiger partial charge on any atom is 0.310 e. The predicted molar refractivity (Wildman–Crippen MR) is 83.3 cm³/mol. The molecule has 0 amide bonds. The lowest BCUT2D eigenvalue weighted by Crippen LogP contribution is -2.45. The number of benzene rings is 1. The first-order valence-electron chi connectivity index (χ1n) is 7.51. The van der Waals surface area contributed by atoms with Gasteiger partial charge in [0, 0.05) is 29.7 Å². The molecule has 4 nitrogen and oxygen atoms in total. The van der Waals surface area contributed by atoms with E-state index in [-0.39, 0.29) is 0 Å². The highest BCUT2D eigenvalue weighted by atomic mass is 16.4. The Morgan fingerprint density at radius 2 is 2.19 bits per heavy atom. The van der Waals surface area contributed by atoms with Crippen molar-refractivity contribution in [1.82, 2.24) is 9.88 Å². The topological polar surface area (TPSA) is 56.3 Å². The number of hydrogen-bond acceptors (Lipinski definition) is 2. The van der Waals surface area contributed by atoms with Crippen LogP contribution in [-0.2, 0) is 11.3 Å². The number of carboxylic acids is 1. The summed E-state index contributed by atoms with van der Waals surface area (Å²) < 4.78 is 0. The average molecular weight is 286 g/mol. The molecule has 1 aromatic heterocycles. The molecule has 0 bridgehead atoms. The molecule has 1 atom stereocenters. The molecule has 112 valence electrons. The van der Waals surface area contributed by atoms with Gasteiger partial charge in [0.25, 0.3) is 0 Å². The Labute approximate surface area is 124 Å². The number of fused-ring (bicyclic) bond motifs is 1. The van der Waals surface area contributed by atoms with Crippen LogP contribution in [0.3, 0.4) is 0 Å². The van der Waals surface area contributed by atoms with Crippen molar-refractivity contribution in [2.45, 2.75) is 33.2 Å². The minimum atomic E-state index is -0.678. The van der Waals surface area contributed by atoms with Gasteiger partial charge in [-0.1, -0.05) is 18.2 Å². The van der Waals surface area contributed by atoms with E-state index in [4.69, 9.17) is 0 Å². The van der Waals surface area contributed by atoms with Crippen molar-refractivity contribution in [3.05, 3.63) is 35.5 Å². The van der Waals surface area contributed by atoms with E-state index in [0.717, 1.165) is 31.4 Å². The van der Waals surface area contributed by atoms with E-state index >= 15 is 0 Å². The van der Waals surface area contributed by atoms with Gasteiger partial charge >= 0.3 is 5.97 Å². The van der Waals surface area contributed by atoms with Crippen molar-refractivity contribution >= 4 is 16.9 Å². The molecule has 1 unspecified atom stereocenters. The minimum Gasteiger partial charge on any atom is -0.481 e. The molecule has 1 aliphatic heterocycles. The van der Waals surface area contributed by atoms with E-state index in [1.165, 1.54) is 16.6 Å². The molecule has 1 aromatic carbocycles. The van der Waals surface area contributed by atoms with E-state index in [1.807, 2.05) is 13.0 Å². The molecule has 21 heavy (non-hydrogen) atoms. The molecule has 0 spiro atoms. The molecule has 2 N–H and O–H groups in total. The number of aliphatic carboxylic acids is 1. The first kappa shape index (κ1) is 14.1. The van der Waals surface area contributed by atoms with Crippen LogP contribution in [0.25, 0.3) is 10.9 Å². The highest BCUT2D eigenvalue weighted by molar-refractivity contribution is 5.84. The lowest BCUT2D eigenvalue weighted by Gasteiger charge is -2.37. The zero-order chi connectivity index (χ0) is 15.0. The normalized spacial score (nSPS) is 23.5. The molecular formula is C17H22N2O2. The Kier molecular flexibility index (Phi) is 3.49. The number of aryl methyl sites for hydroxylation is 1. The number of piperidine rings is 1. The van der Waals surface area contributed by atoms with Crippen LogP contribution in [0.2, 0.25) is 0 Å². The summed E-state index contributed by atoms with van der Waals surface area (Å²) >= 11 is 0. The van der Waals surface area contributed by atoms with Crippen molar-refractivity contribution in [2.24, 2.45) is 5.41 Å². The Hall–Kier alpha value is -1.81. The number of carbonyl (C=O) groups is 1. The third-order valence-corrected chi connectivity index (χ3v) is 4.70. The Morgan fingerprint density at radius 3 is 2.95 bits per heavy atom. The fourth-order valence-electron chi connectivity index (χ4n) is 3.42. The number of para-hydroxylation sites is 1. The molecule has 3 rings (SSSR count). The highest BCUT2D eigenvalue weighted by Crippen LogP contribution is 2.32. The molecule has 1 fully saturated rings. The first-order chi connectivity index (χ1) is 9.99. The predicted octanol–water partition coefficient (Wildman–Crippen LogP) is 3.16. The second-order valence-electron chi connectivity index (χ2n) is 6.45. The van der Waals surface area contributed by atoms with Crippen molar-refractivity contribution in [3.8, 4) is 0 Å². The number of nitrogens with zero attached hydrogens (tertiary/aromatic N) is 1. The lowest BCUT2D eigenvalue weighted by atomic mass is 9.82. The van der Waals surface area contributed by atoms with Gasteiger partial charge in [0.15, 0.2) is 0 Å². The number of rotatable bonds is 3. The highest BCUT2D eigenvalue weighted by Gasteiger charge is 2.37. The zero-order valence-corrected chi connectivity index (χ0v) is 12.6. The van der Waals surface area contributed by atoms with Gasteiger partial charge in [0.2, 0.25) is 0 Å². The van der Waals surface area contributed by atoms with E-state index in [9.17, 15) is 9.90 Å². The first-order valence-corrected chi connectivity index (χ1v) is 7.51. The summed E-state index contributed by atoms with van der Waals surface area (Å²) in [7, 11) is 0. The van der Waals surface area contributed by atoms with Gasteiger partial charge < -0.3 is 10.1 Å². The van der Waals surface area contributed by atoms with Gasteiger partial charge in [-0.2, -0.15) is 0 Å². The van der Waals surface area contributed by atoms with E-state index in [1.54, 1.807) is 0 Å². The molecule has 2 heterocycles. The second kappa shape index (κ2) is 5.19. The van der Waals surface area contributed by atoms with Crippen molar-refractivity contribution < 1.29 is 9.90 Å². The van der Waals surface area contributed by atoms with Crippen LogP contribution in [0.5, 0.6) is 0 Å². The SMILES string of the molecule is Cc1[nH]c2ccccc2c1CN1CCCC(C)(C(=O)O)C1. The molecule has 1 aliphatic rings. The maximum absolute atomic E-state index is 11.5. The Morgan fingerprint density at radius 1 is 1.43 bits per heavy atom. The summed E-state index contributed by atoms with van der Waals surface area (Å²) in [6.07, 6.45) is 1.72. The number of nitrogens with one attached hydrogen (secondary N) is 1. The summed E-state index contributed by atoms with van der Waals surface area (Å²) in [6.45, 7) is 6.38. The van der Waals surface area contributed by atoms with Crippen molar-refractivity contribution in [1.29, 1.82) is 0 Å². The molecule has 2 aromatic rings. The number of aromatic nitrogens is 1. The molecule has 0 saturated carbocycles. The average Bonchev–Trinajstić information content (AvgIpc) is 2.75. The van der Waals surface area contributed by atoms with E-state index in [0.29, 0.717) is 6.54 Å². The summed E-state index contributed by atoms with van der Waals surface area (Å²) in [5.74, 6) is -0.678. The fraction of sp³-hybridized carbons (Fsp3) is 0.471. The van der Waals surface area contributed by atoms with Crippen LogP contribution >= 0.6 is 0 Å². The van der Waals surface area contributed by atoms with Gasteiger partial charge in [-0.05, 0) is 44.9 Å². The Balaban J connectivity index is 1.85. The van der Waals surface area contributed by atoms with Crippen LogP contribution in [0, 0.1) is 12.3 Å². The third-order valence-electron chi connectivity index (χ3n) is 4.70. The quantitative estimate of drug-likeness (QED) is 0.911. The van der Waals surface area contributed by atoms with Gasteiger partial charge in [-0.15, -0.1) is 0 Å². The number of H-pyrrole nitrogens is 1. The van der Waals surface area contributed by atoms with Crippen LogP contribution in [0.15, 0.2) is 24.3 Å². The number of carboxylic acid groups (broad SMARTS) is 1. The summed E-state index contributed by atoms with van der Waals surface area (Å²) in [5.41, 5.74) is 3.01. The summed E-state index contributed by atoms with van der Waals surface area (Å²) in [5, 5.41) is 10.7.